The van der Waals surface area contributed by atoms with Gasteiger partial charge < -0.3 is 5.73 Å². The molecule has 0 bridgehead atoms. The summed E-state index contributed by atoms with van der Waals surface area (Å²) >= 11 is 1.49. The number of sulfonamides is 1. The van der Waals surface area contributed by atoms with Crippen molar-refractivity contribution in [2.75, 3.05) is 6.54 Å². The van der Waals surface area contributed by atoms with E-state index in [4.69, 9.17) is 5.73 Å². The summed E-state index contributed by atoms with van der Waals surface area (Å²) in [6, 6.07) is 1.72. The molecule has 0 spiro atoms. The van der Waals surface area contributed by atoms with E-state index in [2.05, 4.69) is 4.72 Å². The standard InChI is InChI=1S/C12H22N2O2S2/c1-5-12(6-2,8-13)14-18(15,16)11-7-9(3)17-10(11)4/h7,14H,5-6,8,13H2,1-4H3. The summed E-state index contributed by atoms with van der Waals surface area (Å²) < 4.78 is 27.6. The molecule has 0 atom stereocenters. The van der Waals surface area contributed by atoms with E-state index in [0.717, 1.165) is 9.75 Å². The molecule has 0 saturated carbocycles. The lowest BCUT2D eigenvalue weighted by molar-refractivity contribution is 0.363. The molecular formula is C12H22N2O2S2. The van der Waals surface area contributed by atoms with Gasteiger partial charge in [0.1, 0.15) is 0 Å². The second kappa shape index (κ2) is 5.69. The van der Waals surface area contributed by atoms with E-state index in [0.29, 0.717) is 24.3 Å². The highest BCUT2D eigenvalue weighted by atomic mass is 32.2. The zero-order valence-corrected chi connectivity index (χ0v) is 13.0. The van der Waals surface area contributed by atoms with Crippen molar-refractivity contribution < 1.29 is 8.42 Å². The van der Waals surface area contributed by atoms with Crippen LogP contribution in [0.5, 0.6) is 0 Å². The zero-order valence-electron chi connectivity index (χ0n) is 11.4. The molecule has 0 aliphatic heterocycles. The first-order valence-corrected chi connectivity index (χ1v) is 8.41. The molecule has 0 fully saturated rings. The van der Waals surface area contributed by atoms with Crippen molar-refractivity contribution in [1.29, 1.82) is 0 Å². The number of hydrogen-bond acceptors (Lipinski definition) is 4. The third-order valence-corrected chi connectivity index (χ3v) is 6.18. The van der Waals surface area contributed by atoms with Crippen LogP contribution in [0.25, 0.3) is 0 Å². The Hall–Kier alpha value is -0.430. The lowest BCUT2D eigenvalue weighted by atomic mass is 9.95. The van der Waals surface area contributed by atoms with E-state index < -0.39 is 15.6 Å². The van der Waals surface area contributed by atoms with Crippen LogP contribution in [0.2, 0.25) is 0 Å². The Morgan fingerprint density at radius 1 is 1.33 bits per heavy atom. The highest BCUT2D eigenvalue weighted by Gasteiger charge is 2.32. The maximum absolute atomic E-state index is 12.4. The van der Waals surface area contributed by atoms with Gasteiger partial charge in [0.05, 0.1) is 4.90 Å². The molecule has 1 aromatic heterocycles. The number of thiophene rings is 1. The van der Waals surface area contributed by atoms with E-state index >= 15 is 0 Å². The summed E-state index contributed by atoms with van der Waals surface area (Å²) in [5.74, 6) is 0. The Morgan fingerprint density at radius 2 is 1.89 bits per heavy atom. The van der Waals surface area contributed by atoms with Crippen LogP contribution in [-0.4, -0.2) is 20.5 Å². The molecule has 3 N–H and O–H groups in total. The van der Waals surface area contributed by atoms with Crippen molar-refractivity contribution in [2.24, 2.45) is 5.73 Å². The minimum atomic E-state index is -3.48. The monoisotopic (exact) mass is 290 g/mol. The molecule has 18 heavy (non-hydrogen) atoms. The molecule has 104 valence electrons. The van der Waals surface area contributed by atoms with Gasteiger partial charge in [-0.05, 0) is 32.8 Å². The average molecular weight is 290 g/mol. The molecule has 0 aliphatic rings. The minimum absolute atomic E-state index is 0.307. The first kappa shape index (κ1) is 15.6. The molecule has 1 rings (SSSR count). The molecule has 6 heteroatoms. The maximum Gasteiger partial charge on any atom is 0.242 e. The largest absolute Gasteiger partial charge is 0.329 e. The van der Waals surface area contributed by atoms with Gasteiger partial charge in [-0.25, -0.2) is 13.1 Å². The molecule has 0 aliphatic carbocycles. The Balaban J connectivity index is 3.12. The Labute approximate surface area is 114 Å². The first-order valence-electron chi connectivity index (χ1n) is 6.11. The molecule has 0 unspecified atom stereocenters. The van der Waals surface area contributed by atoms with Gasteiger partial charge in [0, 0.05) is 21.8 Å². The maximum atomic E-state index is 12.4. The number of rotatable bonds is 6. The van der Waals surface area contributed by atoms with Crippen molar-refractivity contribution in [3.8, 4) is 0 Å². The van der Waals surface area contributed by atoms with E-state index in [1.54, 1.807) is 6.07 Å². The number of hydrogen-bond donors (Lipinski definition) is 2. The van der Waals surface area contributed by atoms with Crippen molar-refractivity contribution in [3.63, 3.8) is 0 Å². The number of nitrogens with one attached hydrogen (secondary N) is 1. The van der Waals surface area contributed by atoms with Gasteiger partial charge in [-0.2, -0.15) is 0 Å². The van der Waals surface area contributed by atoms with Gasteiger partial charge in [-0.3, -0.25) is 0 Å². The molecule has 0 amide bonds. The summed E-state index contributed by atoms with van der Waals surface area (Å²) in [6.45, 7) is 7.94. The van der Waals surface area contributed by atoms with E-state index in [-0.39, 0.29) is 0 Å². The topological polar surface area (TPSA) is 72.2 Å². The van der Waals surface area contributed by atoms with Crippen LogP contribution < -0.4 is 10.5 Å². The van der Waals surface area contributed by atoms with Gasteiger partial charge in [-0.15, -0.1) is 11.3 Å². The highest BCUT2D eigenvalue weighted by molar-refractivity contribution is 7.89. The highest BCUT2D eigenvalue weighted by Crippen LogP contribution is 2.27. The predicted octanol–water partition coefficient (Wildman–Crippen LogP) is 2.16. The molecular weight excluding hydrogens is 268 g/mol. The minimum Gasteiger partial charge on any atom is -0.329 e. The smallest absolute Gasteiger partial charge is 0.242 e. The number of aryl methyl sites for hydroxylation is 2. The van der Waals surface area contributed by atoms with Gasteiger partial charge >= 0.3 is 0 Å². The molecule has 4 nitrogen and oxygen atoms in total. The van der Waals surface area contributed by atoms with Gasteiger partial charge in [0.25, 0.3) is 0 Å². The van der Waals surface area contributed by atoms with E-state index in [9.17, 15) is 8.42 Å². The second-order valence-corrected chi connectivity index (χ2v) is 7.69. The number of nitrogens with two attached hydrogens (primary N) is 1. The Bertz CT molecular complexity index is 494. The van der Waals surface area contributed by atoms with Crippen molar-refractivity contribution in [3.05, 3.63) is 15.8 Å². The fraction of sp³-hybridized carbons (Fsp3) is 0.667. The van der Waals surface area contributed by atoms with Crippen LogP contribution in [0.1, 0.15) is 36.4 Å². The third kappa shape index (κ3) is 3.12. The van der Waals surface area contributed by atoms with E-state index in [1.165, 1.54) is 11.3 Å². The van der Waals surface area contributed by atoms with Crippen LogP contribution >= 0.6 is 11.3 Å². The fourth-order valence-electron chi connectivity index (χ4n) is 1.94. The normalized spacial score (nSPS) is 12.9. The van der Waals surface area contributed by atoms with Crippen LogP contribution in [0.3, 0.4) is 0 Å². The summed E-state index contributed by atoms with van der Waals surface area (Å²) in [6.07, 6.45) is 1.36. The first-order chi connectivity index (χ1) is 8.30. The summed E-state index contributed by atoms with van der Waals surface area (Å²) in [7, 11) is -3.48. The lowest BCUT2D eigenvalue weighted by Gasteiger charge is -2.30. The summed E-state index contributed by atoms with van der Waals surface area (Å²) in [5, 5.41) is 0. The second-order valence-electron chi connectivity index (χ2n) is 4.57. The fourth-order valence-corrected chi connectivity index (χ4v) is 5.05. The predicted molar refractivity (Wildman–Crippen MR) is 76.5 cm³/mol. The molecule has 0 radical (unpaired) electrons. The van der Waals surface area contributed by atoms with E-state index in [1.807, 2.05) is 27.7 Å². The molecule has 1 aromatic rings. The molecule has 0 aromatic carbocycles. The van der Waals surface area contributed by atoms with Gasteiger partial charge in [0.15, 0.2) is 0 Å². The third-order valence-electron chi connectivity index (χ3n) is 3.38. The average Bonchev–Trinajstić information content (AvgIpc) is 2.66. The van der Waals surface area contributed by atoms with Gasteiger partial charge in [0.2, 0.25) is 10.0 Å². The quantitative estimate of drug-likeness (QED) is 0.843. The van der Waals surface area contributed by atoms with Crippen molar-refractivity contribution >= 4 is 21.4 Å². The summed E-state index contributed by atoms with van der Waals surface area (Å²) in [5.41, 5.74) is 5.19. The lowest BCUT2D eigenvalue weighted by Crippen LogP contribution is -2.52. The SMILES string of the molecule is CCC(CC)(CN)NS(=O)(=O)c1cc(C)sc1C. The molecule has 1 heterocycles. The summed E-state index contributed by atoms with van der Waals surface area (Å²) in [4.78, 5) is 2.20. The Morgan fingerprint density at radius 3 is 2.22 bits per heavy atom. The molecule has 0 saturated heterocycles. The zero-order chi connectivity index (χ0) is 14.0. The van der Waals surface area contributed by atoms with Gasteiger partial charge in [-0.1, -0.05) is 13.8 Å². The van der Waals surface area contributed by atoms with Crippen LogP contribution in [0, 0.1) is 13.8 Å². The van der Waals surface area contributed by atoms with Crippen LogP contribution in [0.4, 0.5) is 0 Å². The Kier molecular flexibility index (Phi) is 4.94. The van der Waals surface area contributed by atoms with Crippen LogP contribution in [0.15, 0.2) is 11.0 Å². The van der Waals surface area contributed by atoms with Crippen LogP contribution in [-0.2, 0) is 10.0 Å². The van der Waals surface area contributed by atoms with Crippen molar-refractivity contribution in [1.82, 2.24) is 4.72 Å². The van der Waals surface area contributed by atoms with Crippen molar-refractivity contribution in [2.45, 2.75) is 51.0 Å².